The molecule has 0 saturated carbocycles. The topological polar surface area (TPSA) is 70.1 Å². The Hall–Kier alpha value is -3.21. The van der Waals surface area contributed by atoms with Crippen LogP contribution in [-0.4, -0.2) is 22.1 Å². The minimum Gasteiger partial charge on any atom is -0.342 e. The summed E-state index contributed by atoms with van der Waals surface area (Å²) in [5.74, 6) is 0.565. The highest BCUT2D eigenvalue weighted by Crippen LogP contribution is 2.13. The minimum atomic E-state index is -0.257. The number of allylic oxidation sites excluding steroid dienone is 1. The first kappa shape index (κ1) is 15.7. The lowest BCUT2D eigenvalue weighted by Crippen LogP contribution is -2.17. The normalized spacial score (nSPS) is 12.0. The van der Waals surface area contributed by atoms with Crippen molar-refractivity contribution < 1.29 is 4.79 Å². The molecular formula is C19H18N4O. The van der Waals surface area contributed by atoms with Gasteiger partial charge in [0, 0.05) is 5.56 Å². The van der Waals surface area contributed by atoms with E-state index in [0.717, 1.165) is 28.0 Å². The van der Waals surface area contributed by atoms with E-state index in [-0.39, 0.29) is 5.91 Å². The summed E-state index contributed by atoms with van der Waals surface area (Å²) in [7, 11) is 0. The van der Waals surface area contributed by atoms with Gasteiger partial charge in [-0.2, -0.15) is 5.10 Å². The number of aryl methyl sites for hydroxylation is 1. The van der Waals surface area contributed by atoms with Crippen molar-refractivity contribution in [2.24, 2.45) is 5.10 Å². The van der Waals surface area contributed by atoms with Crippen LogP contribution in [0.4, 0.5) is 0 Å². The molecule has 3 rings (SSSR count). The molecule has 0 fully saturated rings. The quantitative estimate of drug-likeness (QED) is 0.569. The highest BCUT2D eigenvalue weighted by molar-refractivity contribution is 5.98. The first-order valence-electron chi connectivity index (χ1n) is 7.65. The number of fused-ring (bicyclic) bond motifs is 1. The number of hydrogen-bond acceptors (Lipinski definition) is 3. The average Bonchev–Trinajstić information content (AvgIpc) is 2.94. The highest BCUT2D eigenvalue weighted by Gasteiger charge is 2.07. The number of nitrogens with zero attached hydrogens (tertiary/aromatic N) is 2. The van der Waals surface area contributed by atoms with Crippen LogP contribution in [0.3, 0.4) is 0 Å². The third kappa shape index (κ3) is 3.76. The molecule has 0 saturated heterocycles. The van der Waals surface area contributed by atoms with Gasteiger partial charge in [0.1, 0.15) is 5.82 Å². The van der Waals surface area contributed by atoms with E-state index in [2.05, 4.69) is 20.5 Å². The Morgan fingerprint density at radius 1 is 1.21 bits per heavy atom. The first-order chi connectivity index (χ1) is 11.6. The van der Waals surface area contributed by atoms with Gasteiger partial charge >= 0.3 is 0 Å². The van der Waals surface area contributed by atoms with Crippen molar-refractivity contribution in [3.63, 3.8) is 0 Å². The van der Waals surface area contributed by atoms with E-state index < -0.39 is 0 Å². The first-order valence-corrected chi connectivity index (χ1v) is 7.65. The number of aromatic nitrogens is 2. The van der Waals surface area contributed by atoms with Gasteiger partial charge in [0.25, 0.3) is 5.91 Å². The van der Waals surface area contributed by atoms with Gasteiger partial charge in [0.05, 0.1) is 17.2 Å². The molecule has 0 radical (unpaired) electrons. The molecule has 1 aromatic heterocycles. The van der Waals surface area contributed by atoms with Crippen molar-refractivity contribution in [1.29, 1.82) is 0 Å². The van der Waals surface area contributed by atoms with Gasteiger partial charge in [-0.15, -0.1) is 0 Å². The van der Waals surface area contributed by atoms with Gasteiger partial charge in [-0.1, -0.05) is 36.4 Å². The van der Waals surface area contributed by atoms with Crippen molar-refractivity contribution in [3.05, 3.63) is 71.1 Å². The van der Waals surface area contributed by atoms with E-state index in [9.17, 15) is 4.79 Å². The van der Waals surface area contributed by atoms with Crippen molar-refractivity contribution in [3.8, 4) is 0 Å². The predicted octanol–water partition coefficient (Wildman–Crippen LogP) is 3.69. The molecule has 0 aliphatic rings. The van der Waals surface area contributed by atoms with Crippen LogP contribution in [0.25, 0.3) is 17.1 Å². The number of aromatic amines is 1. The molecule has 0 unspecified atom stereocenters. The Labute approximate surface area is 140 Å². The maximum atomic E-state index is 12.2. The van der Waals surface area contributed by atoms with Gasteiger partial charge in [-0.05, 0) is 43.2 Å². The fourth-order valence-electron chi connectivity index (χ4n) is 2.39. The van der Waals surface area contributed by atoms with Crippen LogP contribution < -0.4 is 5.43 Å². The summed E-state index contributed by atoms with van der Waals surface area (Å²) in [4.78, 5) is 19.6. The molecule has 2 aromatic carbocycles. The Morgan fingerprint density at radius 3 is 2.79 bits per heavy atom. The van der Waals surface area contributed by atoms with Crippen molar-refractivity contribution in [1.82, 2.24) is 15.4 Å². The smallest absolute Gasteiger partial charge is 0.271 e. The van der Waals surface area contributed by atoms with E-state index in [0.29, 0.717) is 5.56 Å². The molecule has 3 aromatic rings. The third-order valence-corrected chi connectivity index (χ3v) is 3.49. The van der Waals surface area contributed by atoms with E-state index >= 15 is 0 Å². The largest absolute Gasteiger partial charge is 0.342 e. The second kappa shape index (κ2) is 6.91. The zero-order valence-electron chi connectivity index (χ0n) is 13.6. The van der Waals surface area contributed by atoms with E-state index in [1.54, 1.807) is 18.3 Å². The Kier molecular flexibility index (Phi) is 4.52. The number of H-pyrrole nitrogens is 1. The van der Waals surface area contributed by atoms with Crippen LogP contribution >= 0.6 is 0 Å². The number of benzene rings is 2. The molecule has 120 valence electrons. The Balaban J connectivity index is 1.66. The summed E-state index contributed by atoms with van der Waals surface area (Å²) >= 11 is 0. The Morgan fingerprint density at radius 2 is 2.00 bits per heavy atom. The third-order valence-electron chi connectivity index (χ3n) is 3.49. The van der Waals surface area contributed by atoms with Gasteiger partial charge in [-0.25, -0.2) is 10.4 Å². The summed E-state index contributed by atoms with van der Waals surface area (Å²) in [6, 6.07) is 15.3. The number of nitrogens with one attached hydrogen (secondary N) is 2. The fraction of sp³-hybridized carbons (Fsp3) is 0.105. The van der Waals surface area contributed by atoms with E-state index in [1.807, 2.05) is 56.3 Å². The number of carbonyl (C=O) groups is 1. The lowest BCUT2D eigenvalue weighted by molar-refractivity contribution is 0.0955. The standard InChI is InChI=1S/C19H18N4O/c1-13(10-15-6-4-3-5-7-15)12-20-23-19(24)16-8-9-17-18(11-16)22-14(2)21-17/h3-12H,1-2H3,(H,21,22)(H,23,24)/b13-10+,20-12+. The molecule has 2 N–H and O–H groups in total. The van der Waals surface area contributed by atoms with Crippen molar-refractivity contribution in [2.75, 3.05) is 0 Å². The van der Waals surface area contributed by atoms with Crippen LogP contribution in [0.2, 0.25) is 0 Å². The predicted molar refractivity (Wildman–Crippen MR) is 96.9 cm³/mol. The Bertz CT molecular complexity index is 923. The summed E-state index contributed by atoms with van der Waals surface area (Å²) in [6.45, 7) is 3.81. The van der Waals surface area contributed by atoms with Gasteiger partial charge in [0.2, 0.25) is 0 Å². The number of hydrazone groups is 1. The van der Waals surface area contributed by atoms with Crippen LogP contribution in [0, 0.1) is 6.92 Å². The molecule has 1 heterocycles. The highest BCUT2D eigenvalue weighted by atomic mass is 16.2. The van der Waals surface area contributed by atoms with E-state index in [4.69, 9.17) is 0 Å². The summed E-state index contributed by atoms with van der Waals surface area (Å²) in [5, 5.41) is 4.01. The maximum Gasteiger partial charge on any atom is 0.271 e. The van der Waals surface area contributed by atoms with Crippen LogP contribution in [0.5, 0.6) is 0 Å². The second-order valence-electron chi connectivity index (χ2n) is 5.55. The lowest BCUT2D eigenvalue weighted by atomic mass is 10.1. The lowest BCUT2D eigenvalue weighted by Gasteiger charge is -2.00. The van der Waals surface area contributed by atoms with Crippen molar-refractivity contribution in [2.45, 2.75) is 13.8 Å². The van der Waals surface area contributed by atoms with E-state index in [1.165, 1.54) is 0 Å². The van der Waals surface area contributed by atoms with Crippen LogP contribution in [0.1, 0.15) is 28.7 Å². The van der Waals surface area contributed by atoms with Gasteiger partial charge in [-0.3, -0.25) is 4.79 Å². The summed E-state index contributed by atoms with van der Waals surface area (Å²) in [5.41, 5.74) is 6.79. The molecular weight excluding hydrogens is 300 g/mol. The zero-order chi connectivity index (χ0) is 16.9. The molecule has 5 nitrogen and oxygen atoms in total. The minimum absolute atomic E-state index is 0.257. The molecule has 5 heteroatoms. The number of imidazole rings is 1. The number of carbonyl (C=O) groups excluding carboxylic acids is 1. The second-order valence-corrected chi connectivity index (χ2v) is 5.55. The molecule has 0 bridgehead atoms. The van der Waals surface area contributed by atoms with Crippen LogP contribution in [0.15, 0.2) is 59.2 Å². The molecule has 0 aliphatic carbocycles. The molecule has 0 atom stereocenters. The molecule has 24 heavy (non-hydrogen) atoms. The maximum absolute atomic E-state index is 12.2. The number of hydrogen-bond donors (Lipinski definition) is 2. The summed E-state index contributed by atoms with van der Waals surface area (Å²) < 4.78 is 0. The molecule has 0 aliphatic heterocycles. The average molecular weight is 318 g/mol. The fourth-order valence-corrected chi connectivity index (χ4v) is 2.39. The van der Waals surface area contributed by atoms with Crippen molar-refractivity contribution >= 4 is 29.2 Å². The van der Waals surface area contributed by atoms with Gasteiger partial charge in [0.15, 0.2) is 0 Å². The molecule has 0 spiro atoms. The zero-order valence-corrected chi connectivity index (χ0v) is 13.6. The summed E-state index contributed by atoms with van der Waals surface area (Å²) in [6.07, 6.45) is 3.62. The van der Waals surface area contributed by atoms with Gasteiger partial charge < -0.3 is 4.98 Å². The van der Waals surface area contributed by atoms with Crippen LogP contribution in [-0.2, 0) is 0 Å². The number of rotatable bonds is 4. The SMILES string of the molecule is CC(/C=N/NC(=O)c1ccc2nc(C)[nH]c2c1)=C\c1ccccc1. The molecule has 1 amide bonds. The number of amides is 1. The monoisotopic (exact) mass is 318 g/mol.